The van der Waals surface area contributed by atoms with Gasteiger partial charge in [0.05, 0.1) is 10.6 Å². The summed E-state index contributed by atoms with van der Waals surface area (Å²) in [7, 11) is 0. The van der Waals surface area contributed by atoms with Crippen molar-refractivity contribution in [2.24, 2.45) is 0 Å². The van der Waals surface area contributed by atoms with Crippen LogP contribution in [0, 0.1) is 17.0 Å². The summed E-state index contributed by atoms with van der Waals surface area (Å²) < 4.78 is 38.9. The molecule has 1 aromatic carbocycles. The quantitative estimate of drug-likeness (QED) is 0.627. The van der Waals surface area contributed by atoms with E-state index in [0.717, 1.165) is 5.56 Å². The van der Waals surface area contributed by atoms with E-state index >= 15 is 0 Å². The smallest absolute Gasteiger partial charge is 0.258 e. The highest BCUT2D eigenvalue weighted by Crippen LogP contribution is 2.40. The molecule has 0 saturated heterocycles. The molecule has 0 amide bonds. The number of benzene rings is 1. The second-order valence-electron chi connectivity index (χ2n) is 3.99. The zero-order valence-electron chi connectivity index (χ0n) is 9.98. The van der Waals surface area contributed by atoms with Gasteiger partial charge in [-0.2, -0.15) is 18.3 Å². The Morgan fingerprint density at radius 3 is 2.25 bits per heavy atom. The number of hydrogen-bond donors (Lipinski definition) is 0. The van der Waals surface area contributed by atoms with Gasteiger partial charge in [-0.15, -0.1) is 0 Å². The van der Waals surface area contributed by atoms with Crippen molar-refractivity contribution in [2.45, 2.75) is 13.1 Å². The van der Waals surface area contributed by atoms with Crippen LogP contribution in [0.1, 0.15) is 11.3 Å². The second kappa shape index (κ2) is 4.78. The van der Waals surface area contributed by atoms with Crippen molar-refractivity contribution in [3.05, 3.63) is 50.8 Å². The lowest BCUT2D eigenvalue weighted by atomic mass is 10.2. The zero-order valence-corrected chi connectivity index (χ0v) is 10.7. The fourth-order valence-corrected chi connectivity index (χ4v) is 1.89. The Labute approximate surface area is 115 Å². The lowest BCUT2D eigenvalue weighted by molar-refractivity contribution is -0.388. The van der Waals surface area contributed by atoms with Crippen molar-refractivity contribution in [1.29, 1.82) is 0 Å². The molecule has 2 rings (SSSR count). The lowest BCUT2D eigenvalue weighted by Gasteiger charge is -2.02. The predicted molar refractivity (Wildman–Crippen MR) is 65.0 cm³/mol. The Morgan fingerprint density at radius 2 is 1.85 bits per heavy atom. The molecule has 20 heavy (non-hydrogen) atoms. The maximum absolute atomic E-state index is 12.7. The first-order valence-electron chi connectivity index (χ1n) is 5.29. The zero-order chi connectivity index (χ0) is 15.1. The fraction of sp³-hybridized carbons (Fsp3) is 0.182. The van der Waals surface area contributed by atoms with Crippen LogP contribution in [-0.4, -0.2) is 14.7 Å². The van der Waals surface area contributed by atoms with Crippen molar-refractivity contribution in [3.8, 4) is 5.69 Å². The van der Waals surface area contributed by atoms with Gasteiger partial charge in [-0.05, 0) is 19.1 Å². The summed E-state index contributed by atoms with van der Waals surface area (Å²) in [6, 6.07) is 6.20. The molecule has 5 nitrogen and oxygen atoms in total. The van der Waals surface area contributed by atoms with Gasteiger partial charge in [-0.3, -0.25) is 10.1 Å². The van der Waals surface area contributed by atoms with Crippen molar-refractivity contribution >= 4 is 17.3 Å². The molecule has 0 N–H and O–H groups in total. The Kier molecular flexibility index (Phi) is 3.43. The number of rotatable bonds is 2. The van der Waals surface area contributed by atoms with E-state index in [0.29, 0.717) is 4.68 Å². The standard InChI is InChI=1S/C11H7ClF3N3O2/c1-6-2-4-7(5-3-6)17-10(12)8(18(19)20)9(16-17)11(13,14)15/h2-5H,1H3. The average Bonchev–Trinajstić information content (AvgIpc) is 2.68. The summed E-state index contributed by atoms with van der Waals surface area (Å²) >= 11 is 5.66. The highest BCUT2D eigenvalue weighted by molar-refractivity contribution is 6.32. The molecule has 0 fully saturated rings. The highest BCUT2D eigenvalue weighted by Gasteiger charge is 2.45. The number of halogens is 4. The van der Waals surface area contributed by atoms with Gasteiger partial charge < -0.3 is 0 Å². The van der Waals surface area contributed by atoms with Crippen molar-refractivity contribution in [2.75, 3.05) is 0 Å². The van der Waals surface area contributed by atoms with Crippen LogP contribution < -0.4 is 0 Å². The number of alkyl halides is 3. The molecule has 106 valence electrons. The van der Waals surface area contributed by atoms with Gasteiger partial charge in [0.2, 0.25) is 10.8 Å². The highest BCUT2D eigenvalue weighted by atomic mass is 35.5. The monoisotopic (exact) mass is 305 g/mol. The first kappa shape index (κ1) is 14.3. The molecule has 1 heterocycles. The van der Waals surface area contributed by atoms with Crippen LogP contribution in [0.15, 0.2) is 24.3 Å². The topological polar surface area (TPSA) is 61.0 Å². The maximum atomic E-state index is 12.7. The van der Waals surface area contributed by atoms with Crippen LogP contribution in [0.4, 0.5) is 18.9 Å². The van der Waals surface area contributed by atoms with Gasteiger partial charge in [0.15, 0.2) is 0 Å². The molecule has 9 heteroatoms. The molecule has 0 bridgehead atoms. The third-order valence-corrected chi connectivity index (χ3v) is 2.87. The minimum atomic E-state index is -4.96. The Balaban J connectivity index is 2.67. The molecular weight excluding hydrogens is 299 g/mol. The van der Waals surface area contributed by atoms with Crippen LogP contribution in [0.25, 0.3) is 5.69 Å². The van der Waals surface area contributed by atoms with E-state index in [1.165, 1.54) is 12.1 Å². The van der Waals surface area contributed by atoms with Gasteiger partial charge >= 0.3 is 11.9 Å². The largest absolute Gasteiger partial charge is 0.442 e. The summed E-state index contributed by atoms with van der Waals surface area (Å²) in [5.74, 6) is 0. The molecule has 0 atom stereocenters. The normalized spacial score (nSPS) is 11.7. The molecule has 0 aliphatic carbocycles. The van der Waals surface area contributed by atoms with Crippen molar-refractivity contribution in [3.63, 3.8) is 0 Å². The molecule has 0 radical (unpaired) electrons. The van der Waals surface area contributed by atoms with E-state index in [-0.39, 0.29) is 5.69 Å². The fourth-order valence-electron chi connectivity index (χ4n) is 1.60. The van der Waals surface area contributed by atoms with Gasteiger partial charge in [0, 0.05) is 0 Å². The molecule has 2 aromatic rings. The summed E-state index contributed by atoms with van der Waals surface area (Å²) in [6.07, 6.45) is -4.96. The summed E-state index contributed by atoms with van der Waals surface area (Å²) in [4.78, 5) is 9.56. The lowest BCUT2D eigenvalue weighted by Crippen LogP contribution is -2.09. The van der Waals surface area contributed by atoms with E-state index in [2.05, 4.69) is 5.10 Å². The first-order valence-corrected chi connectivity index (χ1v) is 5.66. The average molecular weight is 306 g/mol. The molecule has 0 unspecified atom stereocenters. The van der Waals surface area contributed by atoms with E-state index in [1.54, 1.807) is 19.1 Å². The van der Waals surface area contributed by atoms with E-state index in [4.69, 9.17) is 11.6 Å². The molecule has 1 aromatic heterocycles. The van der Waals surface area contributed by atoms with Gasteiger partial charge in [0.25, 0.3) is 0 Å². The molecular formula is C11H7ClF3N3O2. The first-order chi connectivity index (χ1) is 9.21. The SMILES string of the molecule is Cc1ccc(-n2nc(C(F)(F)F)c([N+](=O)[O-])c2Cl)cc1. The van der Waals surface area contributed by atoms with E-state index in [9.17, 15) is 23.3 Å². The Morgan fingerprint density at radius 1 is 1.30 bits per heavy atom. The molecule has 0 saturated carbocycles. The van der Waals surface area contributed by atoms with Crippen LogP contribution in [0.2, 0.25) is 5.15 Å². The maximum Gasteiger partial charge on any atom is 0.442 e. The second-order valence-corrected chi connectivity index (χ2v) is 4.35. The predicted octanol–water partition coefficient (Wildman–Crippen LogP) is 3.76. The molecule has 0 spiro atoms. The minimum Gasteiger partial charge on any atom is -0.258 e. The van der Waals surface area contributed by atoms with Crippen LogP contribution >= 0.6 is 11.6 Å². The minimum absolute atomic E-state index is 0.208. The number of aryl methyl sites for hydroxylation is 1. The Hall–Kier alpha value is -2.09. The van der Waals surface area contributed by atoms with E-state index in [1.807, 2.05) is 0 Å². The number of nitro groups is 1. The van der Waals surface area contributed by atoms with Gasteiger partial charge in [-0.1, -0.05) is 29.3 Å². The van der Waals surface area contributed by atoms with Crippen LogP contribution in [0.3, 0.4) is 0 Å². The number of nitrogens with zero attached hydrogens (tertiary/aromatic N) is 3. The van der Waals surface area contributed by atoms with Crippen molar-refractivity contribution in [1.82, 2.24) is 9.78 Å². The Bertz CT molecular complexity index is 665. The third kappa shape index (κ3) is 2.46. The van der Waals surface area contributed by atoms with Gasteiger partial charge in [-0.25, -0.2) is 4.68 Å². The van der Waals surface area contributed by atoms with Crippen molar-refractivity contribution < 1.29 is 18.1 Å². The third-order valence-electron chi connectivity index (χ3n) is 2.54. The van der Waals surface area contributed by atoms with E-state index < -0.39 is 27.6 Å². The molecule has 0 aliphatic rings. The van der Waals surface area contributed by atoms with Crippen LogP contribution in [-0.2, 0) is 6.18 Å². The number of aromatic nitrogens is 2. The summed E-state index contributed by atoms with van der Waals surface area (Å²) in [6.45, 7) is 1.79. The molecule has 0 aliphatic heterocycles. The summed E-state index contributed by atoms with van der Waals surface area (Å²) in [5.41, 5.74) is -1.78. The summed E-state index contributed by atoms with van der Waals surface area (Å²) in [5, 5.41) is 13.3. The number of hydrogen-bond acceptors (Lipinski definition) is 3. The van der Waals surface area contributed by atoms with Gasteiger partial charge in [0.1, 0.15) is 0 Å². The van der Waals surface area contributed by atoms with Crippen LogP contribution in [0.5, 0.6) is 0 Å².